The average Bonchev–Trinajstić information content (AvgIpc) is 2.86. The molecule has 2 amide bonds. The first-order chi connectivity index (χ1) is 12.0. The summed E-state index contributed by atoms with van der Waals surface area (Å²) < 4.78 is 0. The van der Waals surface area contributed by atoms with Crippen molar-refractivity contribution in [3.05, 3.63) is 69.0 Å². The second-order valence-electron chi connectivity index (χ2n) is 5.18. The maximum Gasteiger partial charge on any atom is 0.272 e. The van der Waals surface area contributed by atoms with Crippen molar-refractivity contribution in [2.75, 3.05) is 17.3 Å². The van der Waals surface area contributed by atoms with Crippen molar-refractivity contribution in [3.8, 4) is 0 Å². The summed E-state index contributed by atoms with van der Waals surface area (Å²) in [6.07, 6.45) is 0. The summed E-state index contributed by atoms with van der Waals surface area (Å²) in [4.78, 5) is 27.3. The number of imide groups is 1. The lowest BCUT2D eigenvalue weighted by Crippen LogP contribution is -2.31. The molecule has 0 atom stereocenters. The molecule has 0 unspecified atom stereocenters. The highest BCUT2D eigenvalue weighted by atomic mass is 35.5. The molecule has 128 valence electrons. The second kappa shape index (κ2) is 7.62. The Morgan fingerprint density at radius 1 is 1.00 bits per heavy atom. The Morgan fingerprint density at radius 3 is 2.40 bits per heavy atom. The molecule has 1 aliphatic rings. The second-order valence-corrected chi connectivity index (χ2v) is 7.13. The van der Waals surface area contributed by atoms with Crippen molar-refractivity contribution in [1.82, 2.24) is 0 Å². The number of aliphatic hydroxyl groups excluding tert-OH is 1. The number of hydrogen-bond donors (Lipinski definition) is 1. The zero-order valence-corrected chi connectivity index (χ0v) is 15.2. The van der Waals surface area contributed by atoms with E-state index in [0.29, 0.717) is 26.8 Å². The molecule has 1 heterocycles. The minimum atomic E-state index is -0.466. The first-order valence-corrected chi connectivity index (χ1v) is 9.16. The molecule has 7 heteroatoms. The number of halogens is 2. The normalized spacial score (nSPS) is 14.6. The van der Waals surface area contributed by atoms with Gasteiger partial charge in [0.15, 0.2) is 0 Å². The number of nitrogens with zero attached hydrogens (tertiary/aromatic N) is 1. The Bertz CT molecular complexity index is 868. The van der Waals surface area contributed by atoms with Crippen LogP contribution in [0.25, 0.3) is 5.57 Å². The van der Waals surface area contributed by atoms with Gasteiger partial charge >= 0.3 is 0 Å². The quantitative estimate of drug-likeness (QED) is 0.779. The van der Waals surface area contributed by atoms with E-state index in [1.807, 2.05) is 6.07 Å². The van der Waals surface area contributed by atoms with Gasteiger partial charge in [-0.2, -0.15) is 0 Å². The average molecular weight is 394 g/mol. The van der Waals surface area contributed by atoms with Crippen LogP contribution in [-0.4, -0.2) is 29.3 Å². The number of amides is 2. The Kier molecular flexibility index (Phi) is 5.49. The third-order valence-corrected chi connectivity index (χ3v) is 5.20. The van der Waals surface area contributed by atoms with Crippen molar-refractivity contribution in [3.63, 3.8) is 0 Å². The van der Waals surface area contributed by atoms with Crippen LogP contribution in [0.1, 0.15) is 5.56 Å². The SMILES string of the molecule is O=C1C(SCCO)=C(c2ccccc2)C(=O)N1c1cc(Cl)ccc1Cl. The number of hydrogen-bond acceptors (Lipinski definition) is 4. The van der Waals surface area contributed by atoms with Crippen molar-refractivity contribution in [2.45, 2.75) is 0 Å². The highest BCUT2D eigenvalue weighted by Crippen LogP contribution is 2.40. The van der Waals surface area contributed by atoms with Gasteiger partial charge in [0.1, 0.15) is 0 Å². The summed E-state index contributed by atoms with van der Waals surface area (Å²) in [5, 5.41) is 9.74. The van der Waals surface area contributed by atoms with E-state index in [9.17, 15) is 9.59 Å². The third-order valence-electron chi connectivity index (χ3n) is 3.59. The van der Waals surface area contributed by atoms with Crippen LogP contribution in [0.3, 0.4) is 0 Å². The molecule has 0 spiro atoms. The highest BCUT2D eigenvalue weighted by Gasteiger charge is 2.40. The van der Waals surface area contributed by atoms with E-state index in [2.05, 4.69) is 0 Å². The fraction of sp³-hybridized carbons (Fsp3) is 0.111. The zero-order chi connectivity index (χ0) is 18.0. The first-order valence-electron chi connectivity index (χ1n) is 7.41. The lowest BCUT2D eigenvalue weighted by molar-refractivity contribution is -0.119. The number of thioether (sulfide) groups is 1. The lowest BCUT2D eigenvalue weighted by atomic mass is 10.1. The smallest absolute Gasteiger partial charge is 0.272 e. The summed E-state index contributed by atoms with van der Waals surface area (Å²) in [6, 6.07) is 13.6. The molecule has 1 N–H and O–H groups in total. The standard InChI is InChI=1S/C18H13Cl2NO3S/c19-12-6-7-13(20)14(10-12)21-17(23)15(11-4-2-1-3-5-11)16(18(21)24)25-9-8-22/h1-7,10,22H,8-9H2. The highest BCUT2D eigenvalue weighted by molar-refractivity contribution is 8.04. The fourth-order valence-corrected chi connectivity index (χ4v) is 3.75. The first kappa shape index (κ1) is 18.0. The zero-order valence-electron chi connectivity index (χ0n) is 12.9. The van der Waals surface area contributed by atoms with Gasteiger partial charge in [-0.1, -0.05) is 53.5 Å². The molecule has 0 radical (unpaired) electrons. The van der Waals surface area contributed by atoms with Gasteiger partial charge in [0.25, 0.3) is 11.8 Å². The van der Waals surface area contributed by atoms with Gasteiger partial charge < -0.3 is 5.11 Å². The van der Waals surface area contributed by atoms with E-state index < -0.39 is 11.8 Å². The van der Waals surface area contributed by atoms with Crippen LogP contribution in [0.4, 0.5) is 5.69 Å². The monoisotopic (exact) mass is 393 g/mol. The Balaban J connectivity index is 2.11. The number of benzene rings is 2. The molecule has 2 aromatic rings. The topological polar surface area (TPSA) is 57.6 Å². The largest absolute Gasteiger partial charge is 0.396 e. The molecule has 0 fully saturated rings. The molecule has 4 nitrogen and oxygen atoms in total. The van der Waals surface area contributed by atoms with Gasteiger partial charge in [-0.3, -0.25) is 9.59 Å². The number of aliphatic hydroxyl groups is 1. The molecule has 0 saturated heterocycles. The van der Waals surface area contributed by atoms with Crippen LogP contribution in [0.2, 0.25) is 10.0 Å². The molecular formula is C18H13Cl2NO3S. The van der Waals surface area contributed by atoms with Gasteiger partial charge in [-0.05, 0) is 23.8 Å². The lowest BCUT2D eigenvalue weighted by Gasteiger charge is -2.17. The van der Waals surface area contributed by atoms with Crippen molar-refractivity contribution in [2.24, 2.45) is 0 Å². The third kappa shape index (κ3) is 3.46. The van der Waals surface area contributed by atoms with Gasteiger partial charge in [0, 0.05) is 10.8 Å². The van der Waals surface area contributed by atoms with E-state index >= 15 is 0 Å². The van der Waals surface area contributed by atoms with E-state index in [1.54, 1.807) is 36.4 Å². The van der Waals surface area contributed by atoms with Crippen LogP contribution in [-0.2, 0) is 9.59 Å². The number of rotatable bonds is 5. The van der Waals surface area contributed by atoms with Gasteiger partial charge in [0.05, 0.1) is 27.8 Å². The fourth-order valence-electron chi connectivity index (χ4n) is 2.53. The Hall–Kier alpha value is -1.79. The maximum atomic E-state index is 13.0. The van der Waals surface area contributed by atoms with Crippen molar-refractivity contribution < 1.29 is 14.7 Å². The Labute approximate surface area is 159 Å². The van der Waals surface area contributed by atoms with Gasteiger partial charge in [0.2, 0.25) is 0 Å². The van der Waals surface area contributed by atoms with Gasteiger partial charge in [-0.15, -0.1) is 11.8 Å². The van der Waals surface area contributed by atoms with E-state index in [4.69, 9.17) is 28.3 Å². The Morgan fingerprint density at radius 2 is 1.72 bits per heavy atom. The van der Waals surface area contributed by atoms with Crippen molar-refractivity contribution >= 4 is 58.0 Å². The van der Waals surface area contributed by atoms with Gasteiger partial charge in [-0.25, -0.2) is 4.90 Å². The van der Waals surface area contributed by atoms with Crippen LogP contribution in [0.15, 0.2) is 53.4 Å². The maximum absolute atomic E-state index is 13.0. The summed E-state index contributed by atoms with van der Waals surface area (Å²) in [5.41, 5.74) is 1.19. The number of carbonyl (C=O) groups excluding carboxylic acids is 2. The van der Waals surface area contributed by atoms with E-state index in [1.165, 1.54) is 6.07 Å². The predicted octanol–water partition coefficient (Wildman–Crippen LogP) is 4.00. The summed E-state index contributed by atoms with van der Waals surface area (Å²) in [6.45, 7) is -0.102. The molecule has 0 bridgehead atoms. The molecule has 1 aliphatic heterocycles. The van der Waals surface area contributed by atoms with Crippen LogP contribution < -0.4 is 4.90 Å². The molecular weight excluding hydrogens is 381 g/mol. The van der Waals surface area contributed by atoms with Crippen LogP contribution in [0, 0.1) is 0 Å². The van der Waals surface area contributed by atoms with Crippen LogP contribution >= 0.6 is 35.0 Å². The van der Waals surface area contributed by atoms with Crippen LogP contribution in [0.5, 0.6) is 0 Å². The minimum Gasteiger partial charge on any atom is -0.396 e. The number of anilines is 1. The molecule has 25 heavy (non-hydrogen) atoms. The molecule has 0 aromatic heterocycles. The molecule has 0 saturated carbocycles. The molecule has 2 aromatic carbocycles. The molecule has 0 aliphatic carbocycles. The van der Waals surface area contributed by atoms with E-state index in [-0.39, 0.29) is 17.3 Å². The van der Waals surface area contributed by atoms with Crippen molar-refractivity contribution in [1.29, 1.82) is 0 Å². The summed E-state index contributed by atoms with van der Waals surface area (Å²) in [5.74, 6) is -0.616. The van der Waals surface area contributed by atoms with E-state index in [0.717, 1.165) is 16.7 Å². The predicted molar refractivity (Wildman–Crippen MR) is 102 cm³/mol. The molecule has 3 rings (SSSR count). The summed E-state index contributed by atoms with van der Waals surface area (Å²) >= 11 is 13.3. The summed E-state index contributed by atoms with van der Waals surface area (Å²) in [7, 11) is 0. The minimum absolute atomic E-state index is 0.102. The number of carbonyl (C=O) groups is 2.